The average molecular weight is 510 g/mol. The van der Waals surface area contributed by atoms with Crippen molar-refractivity contribution >= 4 is 54.4 Å². The van der Waals surface area contributed by atoms with Crippen molar-refractivity contribution in [2.45, 2.75) is 25.2 Å². The topological polar surface area (TPSA) is 110 Å². The van der Waals surface area contributed by atoms with Crippen molar-refractivity contribution in [2.24, 2.45) is 0 Å². The fourth-order valence-electron chi connectivity index (χ4n) is 3.62. The molecule has 1 N–H and O–H groups in total. The number of rotatable bonds is 8. The van der Waals surface area contributed by atoms with Crippen LogP contribution in [0.1, 0.15) is 28.6 Å². The first-order valence-corrected chi connectivity index (χ1v) is 13.1. The summed E-state index contributed by atoms with van der Waals surface area (Å²) in [4.78, 5) is 23.9. The van der Waals surface area contributed by atoms with Crippen molar-refractivity contribution < 1.29 is 18.1 Å². The number of amides is 1. The molecule has 0 saturated carbocycles. The lowest BCUT2D eigenvalue weighted by Gasteiger charge is -2.24. The molecule has 0 aliphatic rings. The summed E-state index contributed by atoms with van der Waals surface area (Å²) >= 11 is 1.26. The Morgan fingerprint density at radius 1 is 1.06 bits per heavy atom. The third-order valence-corrected chi connectivity index (χ3v) is 8.32. The van der Waals surface area contributed by atoms with E-state index in [4.69, 9.17) is 0 Å². The summed E-state index contributed by atoms with van der Waals surface area (Å²) in [6, 6.07) is 19.5. The van der Waals surface area contributed by atoms with E-state index < -0.39 is 20.9 Å². The fourth-order valence-corrected chi connectivity index (χ4v) is 6.10. The zero-order valence-corrected chi connectivity index (χ0v) is 20.7. The molecule has 180 valence electrons. The molecular weight excluding hydrogens is 486 g/mol. The maximum atomic E-state index is 13.4. The lowest BCUT2D eigenvalue weighted by molar-refractivity contribution is -0.384. The molecular formula is C25H23N3O5S2. The molecule has 10 heteroatoms. The van der Waals surface area contributed by atoms with Crippen LogP contribution in [0.15, 0.2) is 77.7 Å². The van der Waals surface area contributed by atoms with Crippen LogP contribution in [0, 0.1) is 17.0 Å². The number of benzene rings is 3. The van der Waals surface area contributed by atoms with Crippen LogP contribution in [-0.4, -0.2) is 25.8 Å². The summed E-state index contributed by atoms with van der Waals surface area (Å²) < 4.78 is 29.0. The van der Waals surface area contributed by atoms with Crippen molar-refractivity contribution in [3.63, 3.8) is 0 Å². The lowest BCUT2D eigenvalue weighted by atomic mass is 10.2. The van der Waals surface area contributed by atoms with E-state index in [1.165, 1.54) is 33.8 Å². The number of nitro benzene ring substituents is 1. The summed E-state index contributed by atoms with van der Waals surface area (Å²) in [7, 11) is -3.76. The van der Waals surface area contributed by atoms with Crippen molar-refractivity contribution in [2.75, 3.05) is 16.2 Å². The Kier molecular flexibility index (Phi) is 6.86. The van der Waals surface area contributed by atoms with Crippen LogP contribution < -0.4 is 9.62 Å². The normalized spacial score (nSPS) is 11.4. The molecule has 1 heterocycles. The minimum Gasteiger partial charge on any atom is -0.321 e. The second kappa shape index (κ2) is 9.85. The summed E-state index contributed by atoms with van der Waals surface area (Å²) in [6.45, 7) is 4.13. The SMILES string of the molecule is CCCN(c1ccc2sc(C(=O)Nc3cccc([N+](=O)[O-])c3)cc2c1)S(=O)(=O)c1ccc(C)cc1. The van der Waals surface area contributed by atoms with Gasteiger partial charge in [0.05, 0.1) is 20.4 Å². The van der Waals surface area contributed by atoms with Gasteiger partial charge in [-0.3, -0.25) is 19.2 Å². The number of non-ortho nitro benzene ring substituents is 1. The van der Waals surface area contributed by atoms with E-state index in [1.807, 2.05) is 13.8 Å². The van der Waals surface area contributed by atoms with Gasteiger partial charge in [0.15, 0.2) is 0 Å². The first-order chi connectivity index (χ1) is 16.7. The van der Waals surface area contributed by atoms with Gasteiger partial charge in [0.25, 0.3) is 21.6 Å². The van der Waals surface area contributed by atoms with Crippen LogP contribution in [-0.2, 0) is 10.0 Å². The highest BCUT2D eigenvalue weighted by Crippen LogP contribution is 2.32. The highest BCUT2D eigenvalue weighted by atomic mass is 32.2. The third-order valence-electron chi connectivity index (χ3n) is 5.36. The Hall–Kier alpha value is -3.76. The maximum absolute atomic E-state index is 13.4. The first kappa shape index (κ1) is 24.4. The zero-order valence-electron chi connectivity index (χ0n) is 19.1. The third kappa shape index (κ3) is 5.18. The van der Waals surface area contributed by atoms with E-state index in [9.17, 15) is 23.3 Å². The first-order valence-electron chi connectivity index (χ1n) is 10.9. The van der Waals surface area contributed by atoms with Gasteiger partial charge in [-0.15, -0.1) is 11.3 Å². The second-order valence-corrected chi connectivity index (χ2v) is 10.9. The zero-order chi connectivity index (χ0) is 25.2. The van der Waals surface area contributed by atoms with Gasteiger partial charge in [-0.25, -0.2) is 8.42 Å². The molecule has 0 aliphatic heterocycles. The number of sulfonamides is 1. The van der Waals surface area contributed by atoms with Crippen molar-refractivity contribution in [1.29, 1.82) is 0 Å². The Morgan fingerprint density at radius 3 is 2.49 bits per heavy atom. The van der Waals surface area contributed by atoms with Crippen molar-refractivity contribution in [3.8, 4) is 0 Å². The van der Waals surface area contributed by atoms with Crippen LogP contribution >= 0.6 is 11.3 Å². The number of nitrogens with one attached hydrogen (secondary N) is 1. The number of thiophene rings is 1. The van der Waals surface area contributed by atoms with Crippen LogP contribution in [0.25, 0.3) is 10.1 Å². The van der Waals surface area contributed by atoms with Gasteiger partial charge < -0.3 is 5.32 Å². The largest absolute Gasteiger partial charge is 0.321 e. The number of anilines is 2. The highest BCUT2D eigenvalue weighted by molar-refractivity contribution is 7.92. The van der Waals surface area contributed by atoms with Gasteiger partial charge in [0.2, 0.25) is 0 Å². The molecule has 0 unspecified atom stereocenters. The Balaban J connectivity index is 1.64. The van der Waals surface area contributed by atoms with E-state index in [-0.39, 0.29) is 10.6 Å². The molecule has 0 radical (unpaired) electrons. The number of carbonyl (C=O) groups is 1. The molecule has 4 aromatic rings. The van der Waals surface area contributed by atoms with Crippen LogP contribution in [0.5, 0.6) is 0 Å². The van der Waals surface area contributed by atoms with E-state index in [2.05, 4.69) is 5.32 Å². The summed E-state index contributed by atoms with van der Waals surface area (Å²) in [5.74, 6) is -0.397. The van der Waals surface area contributed by atoms with Crippen molar-refractivity contribution in [1.82, 2.24) is 0 Å². The minimum absolute atomic E-state index is 0.116. The molecule has 0 spiro atoms. The number of carbonyl (C=O) groups excluding carboxylic acids is 1. The van der Waals surface area contributed by atoms with E-state index in [0.717, 1.165) is 15.6 Å². The molecule has 0 bridgehead atoms. The predicted octanol–water partition coefficient (Wildman–Crippen LogP) is 5.98. The standard InChI is InChI=1S/C25H23N3O5S2/c1-3-13-27(35(32,33)22-10-7-17(2)8-11-22)20-9-12-23-18(14-20)15-24(34-23)25(29)26-19-5-4-6-21(16-19)28(30)31/h4-12,14-16H,3,13H2,1-2H3,(H,26,29). The minimum atomic E-state index is -3.76. The fraction of sp³-hybridized carbons (Fsp3) is 0.160. The molecule has 1 amide bonds. The van der Waals surface area contributed by atoms with Crippen LogP contribution in [0.2, 0.25) is 0 Å². The number of hydrogen-bond acceptors (Lipinski definition) is 6. The summed E-state index contributed by atoms with van der Waals surface area (Å²) in [5, 5.41) is 14.4. The van der Waals surface area contributed by atoms with E-state index in [0.29, 0.717) is 29.2 Å². The molecule has 0 atom stereocenters. The van der Waals surface area contributed by atoms with Gasteiger partial charge >= 0.3 is 0 Å². The molecule has 0 fully saturated rings. The number of fused-ring (bicyclic) bond motifs is 1. The number of nitro groups is 1. The number of aryl methyl sites for hydroxylation is 1. The predicted molar refractivity (Wildman–Crippen MR) is 139 cm³/mol. The molecule has 3 aromatic carbocycles. The summed E-state index contributed by atoms with van der Waals surface area (Å²) in [5.41, 5.74) is 1.69. The number of nitrogens with zero attached hydrogens (tertiary/aromatic N) is 2. The Morgan fingerprint density at radius 2 is 1.80 bits per heavy atom. The van der Waals surface area contributed by atoms with Gasteiger partial charge in [0.1, 0.15) is 0 Å². The smallest absolute Gasteiger partial charge is 0.271 e. The molecule has 0 saturated heterocycles. The molecule has 1 aromatic heterocycles. The maximum Gasteiger partial charge on any atom is 0.271 e. The summed E-state index contributed by atoms with van der Waals surface area (Å²) in [6.07, 6.45) is 0.629. The van der Waals surface area contributed by atoms with Gasteiger partial charge in [-0.2, -0.15) is 0 Å². The Bertz CT molecular complexity index is 1510. The van der Waals surface area contributed by atoms with E-state index >= 15 is 0 Å². The average Bonchev–Trinajstić information content (AvgIpc) is 3.26. The van der Waals surface area contributed by atoms with E-state index in [1.54, 1.807) is 54.6 Å². The molecule has 0 aliphatic carbocycles. The second-order valence-electron chi connectivity index (χ2n) is 7.98. The van der Waals surface area contributed by atoms with Crippen LogP contribution in [0.4, 0.5) is 17.1 Å². The quantitative estimate of drug-likeness (QED) is 0.232. The van der Waals surface area contributed by atoms with Crippen LogP contribution in [0.3, 0.4) is 0 Å². The molecule has 4 rings (SSSR count). The highest BCUT2D eigenvalue weighted by Gasteiger charge is 2.25. The monoisotopic (exact) mass is 509 g/mol. The number of hydrogen-bond donors (Lipinski definition) is 1. The Labute approximate surface area is 207 Å². The molecule has 8 nitrogen and oxygen atoms in total. The lowest BCUT2D eigenvalue weighted by Crippen LogP contribution is -2.31. The molecule has 35 heavy (non-hydrogen) atoms. The van der Waals surface area contributed by atoms with Crippen molar-refractivity contribution in [3.05, 3.63) is 93.4 Å². The van der Waals surface area contributed by atoms with Gasteiger partial charge in [-0.05, 0) is 61.2 Å². The van der Waals surface area contributed by atoms with Gasteiger partial charge in [0, 0.05) is 29.1 Å². The van der Waals surface area contributed by atoms with Gasteiger partial charge in [-0.1, -0.05) is 30.7 Å².